The number of ketones is 1. The molecule has 4 atom stereocenters. The minimum Gasteiger partial charge on any atom is -0.375 e. The normalized spacial score (nSPS) is 22.1. The summed E-state index contributed by atoms with van der Waals surface area (Å²) in [6.45, 7) is 3.82. The molecule has 10 nitrogen and oxygen atoms in total. The van der Waals surface area contributed by atoms with Crippen molar-refractivity contribution in [1.29, 1.82) is 0 Å². The molecule has 2 amide bonds. The maximum atomic E-state index is 14.5. The minimum atomic E-state index is -1.03. The number of benzene rings is 3. The van der Waals surface area contributed by atoms with Crippen LogP contribution in [0.4, 0.5) is 5.69 Å². The third kappa shape index (κ3) is 5.68. The number of amides is 2. The smallest absolute Gasteiger partial charge is 0.269 e. The van der Waals surface area contributed by atoms with Crippen LogP contribution in [0.5, 0.6) is 0 Å². The van der Waals surface area contributed by atoms with Gasteiger partial charge in [0, 0.05) is 56.9 Å². The SMILES string of the molecule is COCC(=O)N1C(C(=O)N2CCNCC2)C(c2ccc([N+](=O)[O-])cc2)C(C(=O)c2ccccc2)C1c1ccc(C)cc1. The number of Topliss-reactive ketones (excluding diaryl/α,β-unsaturated/α-hetero) is 1. The number of ether oxygens (including phenoxy) is 1. The van der Waals surface area contributed by atoms with Crippen molar-refractivity contribution in [2.75, 3.05) is 39.9 Å². The summed E-state index contributed by atoms with van der Waals surface area (Å²) in [5.74, 6) is -2.51. The first-order chi connectivity index (χ1) is 20.3. The summed E-state index contributed by atoms with van der Waals surface area (Å²) in [5.41, 5.74) is 2.67. The third-order valence-corrected chi connectivity index (χ3v) is 8.17. The van der Waals surface area contributed by atoms with E-state index in [9.17, 15) is 24.5 Å². The van der Waals surface area contributed by atoms with Crippen molar-refractivity contribution in [2.45, 2.75) is 24.9 Å². The number of hydrogen-bond donors (Lipinski definition) is 1. The van der Waals surface area contributed by atoms with Gasteiger partial charge in [0.15, 0.2) is 5.78 Å². The van der Waals surface area contributed by atoms with Crippen molar-refractivity contribution in [3.63, 3.8) is 0 Å². The lowest BCUT2D eigenvalue weighted by Gasteiger charge is -2.36. The lowest BCUT2D eigenvalue weighted by Crippen LogP contribution is -2.55. The van der Waals surface area contributed by atoms with Gasteiger partial charge in [0.2, 0.25) is 11.8 Å². The number of likely N-dealkylation sites (tertiary alicyclic amines) is 1. The number of non-ortho nitro benzene ring substituents is 1. The third-order valence-electron chi connectivity index (χ3n) is 8.17. The summed E-state index contributed by atoms with van der Waals surface area (Å²) < 4.78 is 5.27. The predicted octanol–water partition coefficient (Wildman–Crippen LogP) is 3.52. The molecule has 3 aromatic carbocycles. The zero-order chi connectivity index (χ0) is 29.8. The first-order valence-corrected chi connectivity index (χ1v) is 14.0. The Morgan fingerprint density at radius 2 is 1.55 bits per heavy atom. The molecule has 2 heterocycles. The molecule has 0 saturated carbocycles. The Labute approximate surface area is 244 Å². The molecule has 0 aliphatic carbocycles. The van der Waals surface area contributed by atoms with E-state index >= 15 is 0 Å². The van der Waals surface area contributed by atoms with Gasteiger partial charge in [0.05, 0.1) is 16.9 Å². The number of rotatable bonds is 8. The van der Waals surface area contributed by atoms with Crippen molar-refractivity contribution >= 4 is 23.3 Å². The molecule has 218 valence electrons. The van der Waals surface area contributed by atoms with Crippen molar-refractivity contribution < 1.29 is 24.0 Å². The van der Waals surface area contributed by atoms with Crippen molar-refractivity contribution in [1.82, 2.24) is 15.1 Å². The summed E-state index contributed by atoms with van der Waals surface area (Å²) in [5, 5.41) is 14.7. The van der Waals surface area contributed by atoms with Crippen LogP contribution in [0, 0.1) is 23.0 Å². The van der Waals surface area contributed by atoms with Gasteiger partial charge in [-0.15, -0.1) is 0 Å². The number of piperazine rings is 1. The number of nitro groups is 1. The molecule has 0 bridgehead atoms. The summed E-state index contributed by atoms with van der Waals surface area (Å²) in [4.78, 5) is 57.2. The molecule has 2 fully saturated rings. The topological polar surface area (TPSA) is 122 Å². The van der Waals surface area contributed by atoms with E-state index in [0.29, 0.717) is 37.3 Å². The summed E-state index contributed by atoms with van der Waals surface area (Å²) in [6.07, 6.45) is 0. The Bertz CT molecular complexity index is 1440. The lowest BCUT2D eigenvalue weighted by molar-refractivity contribution is -0.384. The Morgan fingerprint density at radius 3 is 2.14 bits per heavy atom. The molecule has 3 aromatic rings. The fourth-order valence-corrected chi connectivity index (χ4v) is 6.21. The van der Waals surface area contributed by atoms with Gasteiger partial charge < -0.3 is 19.9 Å². The van der Waals surface area contributed by atoms with Crippen molar-refractivity contribution in [2.24, 2.45) is 5.92 Å². The first-order valence-electron chi connectivity index (χ1n) is 14.0. The molecule has 1 N–H and O–H groups in total. The highest BCUT2D eigenvalue weighted by Crippen LogP contribution is 2.52. The molecule has 0 aromatic heterocycles. The highest BCUT2D eigenvalue weighted by Gasteiger charge is 2.58. The molecular weight excluding hydrogens is 536 g/mol. The largest absolute Gasteiger partial charge is 0.375 e. The number of carbonyl (C=O) groups is 3. The van der Waals surface area contributed by atoms with E-state index in [4.69, 9.17) is 4.74 Å². The van der Waals surface area contributed by atoms with E-state index in [1.807, 2.05) is 37.3 Å². The maximum Gasteiger partial charge on any atom is 0.269 e. The highest BCUT2D eigenvalue weighted by molar-refractivity contribution is 6.02. The van der Waals surface area contributed by atoms with E-state index in [2.05, 4.69) is 5.32 Å². The second kappa shape index (κ2) is 12.6. The summed E-state index contributed by atoms with van der Waals surface area (Å²) in [6, 6.07) is 20.6. The zero-order valence-corrected chi connectivity index (χ0v) is 23.6. The van der Waals surface area contributed by atoms with Gasteiger partial charge in [0.25, 0.3) is 5.69 Å². The number of nitrogens with zero attached hydrogens (tertiary/aromatic N) is 3. The second-order valence-corrected chi connectivity index (χ2v) is 10.7. The van der Waals surface area contributed by atoms with E-state index in [1.165, 1.54) is 24.1 Å². The minimum absolute atomic E-state index is 0.102. The number of hydrogen-bond acceptors (Lipinski definition) is 7. The number of methoxy groups -OCH3 is 1. The molecular formula is C32H34N4O6. The van der Waals surface area contributed by atoms with Crippen molar-refractivity contribution in [3.05, 3.63) is 111 Å². The van der Waals surface area contributed by atoms with Gasteiger partial charge in [-0.25, -0.2) is 0 Å². The fraction of sp³-hybridized carbons (Fsp3) is 0.344. The van der Waals surface area contributed by atoms with Crippen LogP contribution in [0.2, 0.25) is 0 Å². The van der Waals surface area contributed by atoms with E-state index in [-0.39, 0.29) is 24.0 Å². The molecule has 0 radical (unpaired) electrons. The van der Waals surface area contributed by atoms with Crippen LogP contribution in [0.3, 0.4) is 0 Å². The number of carbonyl (C=O) groups excluding carboxylic acids is 3. The Morgan fingerprint density at radius 1 is 0.929 bits per heavy atom. The lowest BCUT2D eigenvalue weighted by atomic mass is 9.75. The van der Waals surface area contributed by atoms with Crippen LogP contribution in [0.1, 0.15) is 39.0 Å². The van der Waals surface area contributed by atoms with Gasteiger partial charge in [0.1, 0.15) is 12.6 Å². The molecule has 42 heavy (non-hydrogen) atoms. The number of aryl methyl sites for hydroxylation is 1. The van der Waals surface area contributed by atoms with Gasteiger partial charge in [-0.2, -0.15) is 0 Å². The summed E-state index contributed by atoms with van der Waals surface area (Å²) in [7, 11) is 1.42. The second-order valence-electron chi connectivity index (χ2n) is 10.7. The number of nitro benzene ring substituents is 1. The maximum absolute atomic E-state index is 14.5. The van der Waals surface area contributed by atoms with Crippen LogP contribution >= 0.6 is 0 Å². The molecule has 4 unspecified atom stereocenters. The van der Waals surface area contributed by atoms with Crippen LogP contribution < -0.4 is 5.32 Å². The summed E-state index contributed by atoms with van der Waals surface area (Å²) >= 11 is 0. The van der Waals surface area contributed by atoms with Gasteiger partial charge in [-0.3, -0.25) is 24.5 Å². The van der Waals surface area contributed by atoms with Crippen LogP contribution in [0.15, 0.2) is 78.9 Å². The molecule has 2 aliphatic heterocycles. The van der Waals surface area contributed by atoms with Crippen LogP contribution in [-0.4, -0.2) is 78.3 Å². The molecule has 2 saturated heterocycles. The Hall–Kier alpha value is -4.41. The monoisotopic (exact) mass is 570 g/mol. The average molecular weight is 571 g/mol. The van der Waals surface area contributed by atoms with Crippen LogP contribution in [-0.2, 0) is 14.3 Å². The average Bonchev–Trinajstić information content (AvgIpc) is 3.38. The van der Waals surface area contributed by atoms with Crippen LogP contribution in [0.25, 0.3) is 0 Å². The van der Waals surface area contributed by atoms with E-state index < -0.39 is 34.7 Å². The molecule has 5 rings (SSSR count). The molecule has 0 spiro atoms. The zero-order valence-electron chi connectivity index (χ0n) is 23.6. The first kappa shape index (κ1) is 29.1. The fourth-order valence-electron chi connectivity index (χ4n) is 6.21. The van der Waals surface area contributed by atoms with Gasteiger partial charge in [-0.05, 0) is 18.1 Å². The molecule has 2 aliphatic rings. The Balaban J connectivity index is 1.75. The van der Waals surface area contributed by atoms with Gasteiger partial charge in [-0.1, -0.05) is 72.3 Å². The van der Waals surface area contributed by atoms with Gasteiger partial charge >= 0.3 is 0 Å². The van der Waals surface area contributed by atoms with Crippen molar-refractivity contribution in [3.8, 4) is 0 Å². The van der Waals surface area contributed by atoms with E-state index in [0.717, 1.165) is 11.1 Å². The predicted molar refractivity (Wildman–Crippen MR) is 156 cm³/mol. The number of nitrogens with one attached hydrogen (secondary N) is 1. The molecule has 10 heteroatoms. The Kier molecular flexibility index (Phi) is 8.75. The van der Waals surface area contributed by atoms with E-state index in [1.54, 1.807) is 41.3 Å². The highest BCUT2D eigenvalue weighted by atomic mass is 16.6. The quantitative estimate of drug-likeness (QED) is 0.250. The standard InChI is InChI=1S/C32H34N4O6/c1-21-8-10-23(11-9-21)29-28(31(38)24-6-4-3-5-7-24)27(22-12-14-25(15-13-22)36(40)41)30(35(29)26(37)20-42-2)32(39)34-18-16-33-17-19-34/h3-15,27-30,33H,16-20H2,1-2H3.